The smallest absolute Gasteiger partial charge is 0.237 e. The lowest BCUT2D eigenvalue weighted by Gasteiger charge is -2.09. The highest BCUT2D eigenvalue weighted by molar-refractivity contribution is 5.62. The maximum absolute atomic E-state index is 5.64. The maximum Gasteiger partial charge on any atom is 0.237 e. The highest BCUT2D eigenvalue weighted by Crippen LogP contribution is 2.21. The average molecular weight is 344 g/mol. The van der Waals surface area contributed by atoms with Crippen LogP contribution < -0.4 is 10.1 Å². The number of aromatic amines is 1. The molecule has 128 valence electrons. The molecular weight excluding hydrogens is 328 g/mol. The van der Waals surface area contributed by atoms with Crippen LogP contribution in [0.3, 0.4) is 0 Å². The van der Waals surface area contributed by atoms with E-state index in [2.05, 4.69) is 30.5 Å². The summed E-state index contributed by atoms with van der Waals surface area (Å²) >= 11 is 0. The van der Waals surface area contributed by atoms with E-state index in [0.29, 0.717) is 12.4 Å². The van der Waals surface area contributed by atoms with E-state index >= 15 is 0 Å². The Bertz CT molecular complexity index is 955. The Morgan fingerprint density at radius 3 is 2.69 bits per heavy atom. The van der Waals surface area contributed by atoms with Crippen molar-refractivity contribution < 1.29 is 4.74 Å². The lowest BCUT2D eigenvalue weighted by atomic mass is 10.1. The molecule has 7 nitrogen and oxygen atoms in total. The van der Waals surface area contributed by atoms with Crippen LogP contribution in [0.1, 0.15) is 5.56 Å². The summed E-state index contributed by atoms with van der Waals surface area (Å²) in [6, 6.07) is 15.9. The first-order valence-electron chi connectivity index (χ1n) is 8.09. The van der Waals surface area contributed by atoms with Crippen molar-refractivity contribution in [2.75, 3.05) is 5.32 Å². The van der Waals surface area contributed by atoms with E-state index in [1.54, 1.807) is 18.6 Å². The Morgan fingerprint density at radius 1 is 1.00 bits per heavy atom. The van der Waals surface area contributed by atoms with Gasteiger partial charge in [-0.2, -0.15) is 5.10 Å². The van der Waals surface area contributed by atoms with E-state index in [4.69, 9.17) is 4.74 Å². The molecule has 0 aliphatic rings. The van der Waals surface area contributed by atoms with Gasteiger partial charge >= 0.3 is 0 Å². The van der Waals surface area contributed by atoms with Gasteiger partial charge in [0.15, 0.2) is 5.82 Å². The van der Waals surface area contributed by atoms with Crippen molar-refractivity contribution in [1.29, 1.82) is 0 Å². The Hall–Kier alpha value is -3.74. The topological polar surface area (TPSA) is 88.6 Å². The van der Waals surface area contributed by atoms with Gasteiger partial charge in [0.1, 0.15) is 12.1 Å². The number of hydrogen-bond acceptors (Lipinski definition) is 6. The summed E-state index contributed by atoms with van der Waals surface area (Å²) < 4.78 is 5.64. The molecule has 2 heterocycles. The van der Waals surface area contributed by atoms with Gasteiger partial charge in [0, 0.05) is 30.2 Å². The number of nitrogens with one attached hydrogen (secondary N) is 2. The molecule has 4 rings (SSSR count). The number of nitrogens with zero attached hydrogens (tertiary/aromatic N) is 4. The minimum Gasteiger partial charge on any atom is -0.438 e. The zero-order chi connectivity index (χ0) is 17.6. The normalized spacial score (nSPS) is 10.5. The van der Waals surface area contributed by atoms with Crippen LogP contribution in [0.2, 0.25) is 0 Å². The molecule has 2 aromatic carbocycles. The van der Waals surface area contributed by atoms with Crippen molar-refractivity contribution >= 4 is 5.69 Å². The molecule has 0 saturated heterocycles. The lowest BCUT2D eigenvalue weighted by molar-refractivity contribution is 0.460. The third kappa shape index (κ3) is 3.84. The molecule has 7 heteroatoms. The molecule has 0 unspecified atom stereocenters. The van der Waals surface area contributed by atoms with Gasteiger partial charge in [0.2, 0.25) is 5.88 Å². The van der Waals surface area contributed by atoms with Crippen LogP contribution in [0.25, 0.3) is 11.4 Å². The first kappa shape index (κ1) is 15.8. The van der Waals surface area contributed by atoms with Gasteiger partial charge in [0.05, 0.1) is 6.20 Å². The maximum atomic E-state index is 5.64. The summed E-state index contributed by atoms with van der Waals surface area (Å²) in [7, 11) is 0. The van der Waals surface area contributed by atoms with Gasteiger partial charge in [-0.25, -0.2) is 9.97 Å². The second kappa shape index (κ2) is 7.43. The van der Waals surface area contributed by atoms with Gasteiger partial charge in [0.25, 0.3) is 0 Å². The molecule has 0 spiro atoms. The highest BCUT2D eigenvalue weighted by Gasteiger charge is 2.03. The third-order valence-corrected chi connectivity index (χ3v) is 3.73. The summed E-state index contributed by atoms with van der Waals surface area (Å²) in [5, 5.41) is 10.2. The number of aromatic nitrogens is 5. The van der Waals surface area contributed by atoms with Crippen molar-refractivity contribution in [2.24, 2.45) is 0 Å². The predicted molar refractivity (Wildman–Crippen MR) is 97.7 cm³/mol. The standard InChI is InChI=1S/C19H16N6O/c1-2-15(19-23-13-24-25-19)10-16(3-1)22-11-14-4-6-17(7-5-14)26-18-12-20-8-9-21-18/h1-10,12-13,22H,11H2,(H,23,24,25). The fourth-order valence-electron chi connectivity index (χ4n) is 2.46. The monoisotopic (exact) mass is 344 g/mol. The molecule has 4 aromatic rings. The molecule has 0 radical (unpaired) electrons. The summed E-state index contributed by atoms with van der Waals surface area (Å²) in [5.74, 6) is 1.95. The summed E-state index contributed by atoms with van der Waals surface area (Å²) in [6.45, 7) is 0.700. The van der Waals surface area contributed by atoms with Crippen molar-refractivity contribution in [1.82, 2.24) is 25.1 Å². The second-order valence-corrected chi connectivity index (χ2v) is 5.56. The Labute approximate surface area is 150 Å². The molecule has 0 atom stereocenters. The molecular formula is C19H16N6O. The van der Waals surface area contributed by atoms with Crippen LogP contribution in [0, 0.1) is 0 Å². The van der Waals surface area contributed by atoms with Crippen molar-refractivity contribution in [2.45, 2.75) is 6.54 Å². The van der Waals surface area contributed by atoms with Crippen molar-refractivity contribution in [3.05, 3.63) is 79.0 Å². The first-order chi connectivity index (χ1) is 12.9. The number of rotatable bonds is 6. The van der Waals surface area contributed by atoms with Crippen LogP contribution >= 0.6 is 0 Å². The van der Waals surface area contributed by atoms with Gasteiger partial charge in [-0.15, -0.1) is 0 Å². The minimum absolute atomic E-state index is 0.475. The van der Waals surface area contributed by atoms with Gasteiger partial charge in [-0.05, 0) is 29.8 Å². The quantitative estimate of drug-likeness (QED) is 0.555. The Morgan fingerprint density at radius 2 is 1.92 bits per heavy atom. The molecule has 0 amide bonds. The molecule has 26 heavy (non-hydrogen) atoms. The SMILES string of the molecule is c1cc(NCc2ccc(Oc3cnccn3)cc2)cc(-c2ncn[nH]2)c1. The molecule has 0 aliphatic heterocycles. The molecule has 2 aromatic heterocycles. The second-order valence-electron chi connectivity index (χ2n) is 5.56. The molecule has 0 bridgehead atoms. The van der Waals surface area contributed by atoms with Gasteiger partial charge in [-0.1, -0.05) is 24.3 Å². The molecule has 2 N–H and O–H groups in total. The summed E-state index contributed by atoms with van der Waals surface area (Å²) in [4.78, 5) is 12.2. The Kier molecular flexibility index (Phi) is 4.51. The zero-order valence-corrected chi connectivity index (χ0v) is 13.8. The molecule has 0 fully saturated rings. The zero-order valence-electron chi connectivity index (χ0n) is 13.8. The van der Waals surface area contributed by atoms with Gasteiger partial charge in [-0.3, -0.25) is 10.1 Å². The van der Waals surface area contributed by atoms with E-state index in [9.17, 15) is 0 Å². The van der Waals surface area contributed by atoms with E-state index in [1.807, 2.05) is 48.5 Å². The van der Waals surface area contributed by atoms with Crippen molar-refractivity contribution in [3.8, 4) is 23.0 Å². The highest BCUT2D eigenvalue weighted by atomic mass is 16.5. The van der Waals surface area contributed by atoms with Crippen molar-refractivity contribution in [3.63, 3.8) is 0 Å². The number of ether oxygens (including phenoxy) is 1. The van der Waals surface area contributed by atoms with E-state index < -0.39 is 0 Å². The van der Waals surface area contributed by atoms with E-state index in [-0.39, 0.29) is 0 Å². The Balaban J connectivity index is 1.38. The lowest BCUT2D eigenvalue weighted by Crippen LogP contribution is -1.99. The predicted octanol–water partition coefficient (Wildman–Crippen LogP) is 3.67. The van der Waals surface area contributed by atoms with Crippen LogP contribution in [0.4, 0.5) is 5.69 Å². The number of anilines is 1. The van der Waals surface area contributed by atoms with E-state index in [0.717, 1.165) is 28.4 Å². The fraction of sp³-hybridized carbons (Fsp3) is 0.0526. The molecule has 0 saturated carbocycles. The number of H-pyrrole nitrogens is 1. The van der Waals surface area contributed by atoms with Gasteiger partial charge < -0.3 is 10.1 Å². The summed E-state index contributed by atoms with van der Waals surface area (Å²) in [6.07, 6.45) is 6.29. The van der Waals surface area contributed by atoms with E-state index in [1.165, 1.54) is 6.33 Å². The van der Waals surface area contributed by atoms with Crippen LogP contribution in [0.5, 0.6) is 11.6 Å². The largest absolute Gasteiger partial charge is 0.438 e. The first-order valence-corrected chi connectivity index (χ1v) is 8.09. The number of benzene rings is 2. The van der Waals surface area contributed by atoms with Crippen LogP contribution in [-0.2, 0) is 6.54 Å². The van der Waals surface area contributed by atoms with Crippen LogP contribution in [0.15, 0.2) is 73.4 Å². The number of hydrogen-bond donors (Lipinski definition) is 2. The van der Waals surface area contributed by atoms with Crippen LogP contribution in [-0.4, -0.2) is 25.1 Å². The third-order valence-electron chi connectivity index (χ3n) is 3.73. The fourth-order valence-corrected chi connectivity index (χ4v) is 2.46. The summed E-state index contributed by atoms with van der Waals surface area (Å²) in [5.41, 5.74) is 3.14. The minimum atomic E-state index is 0.475. The average Bonchev–Trinajstić information content (AvgIpc) is 3.23. The molecule has 0 aliphatic carbocycles.